The molecule has 1 N–H and O–H groups in total. The zero-order valence-electron chi connectivity index (χ0n) is 23.6. The number of methoxy groups -OCH3 is 1. The molecule has 2 aliphatic heterocycles. The Balaban J connectivity index is 0.00000370. The van der Waals surface area contributed by atoms with Gasteiger partial charge in [0.15, 0.2) is 0 Å². The Bertz CT molecular complexity index is 1220. The minimum Gasteiger partial charge on any atom is -1.00 e. The summed E-state index contributed by atoms with van der Waals surface area (Å²) in [5, 5.41) is 3.32. The van der Waals surface area contributed by atoms with Gasteiger partial charge in [-0.1, -0.05) is 32.1 Å². The number of amides is 1. The third-order valence-corrected chi connectivity index (χ3v) is 9.01. The van der Waals surface area contributed by atoms with Gasteiger partial charge in [0.1, 0.15) is 17.8 Å². The molecule has 1 unspecified atom stereocenters. The smallest absolute Gasteiger partial charge is 0.337 e. The number of nitrogens with one attached hydrogen (secondary N) is 1. The molecule has 0 spiro atoms. The lowest BCUT2D eigenvalue weighted by molar-refractivity contribution is -0.917. The molecule has 2 fully saturated rings. The fraction of sp³-hybridized carbons (Fsp3) is 0.531. The van der Waals surface area contributed by atoms with Crippen molar-refractivity contribution in [2.45, 2.75) is 69.7 Å². The van der Waals surface area contributed by atoms with Crippen molar-refractivity contribution >= 4 is 18.2 Å². The summed E-state index contributed by atoms with van der Waals surface area (Å²) >= 11 is 0. The Morgan fingerprint density at radius 3 is 2.23 bits per heavy atom. The lowest BCUT2D eigenvalue weighted by Crippen LogP contribution is -3.00. The van der Waals surface area contributed by atoms with Gasteiger partial charge in [-0.15, -0.1) is 0 Å². The Morgan fingerprint density at radius 2 is 1.57 bits per heavy atom. The van der Waals surface area contributed by atoms with Gasteiger partial charge in [0, 0.05) is 41.5 Å². The number of fused-ring (bicyclic) bond motifs is 2. The van der Waals surface area contributed by atoms with Crippen LogP contribution in [0, 0.1) is 5.92 Å². The number of hydrogen-bond donors (Lipinski definition) is 1. The van der Waals surface area contributed by atoms with E-state index in [1.54, 1.807) is 36.4 Å². The average molecular weight is 661 g/mol. The molecule has 1 saturated carbocycles. The summed E-state index contributed by atoms with van der Waals surface area (Å²) in [7, 11) is 3.72. The van der Waals surface area contributed by atoms with Gasteiger partial charge >= 0.3 is 5.97 Å². The van der Waals surface area contributed by atoms with E-state index in [1.165, 1.54) is 58.6 Å². The zero-order valence-corrected chi connectivity index (χ0v) is 25.8. The molecule has 3 aliphatic rings. The van der Waals surface area contributed by atoms with Crippen LogP contribution >= 0.6 is 0 Å². The second-order valence-corrected chi connectivity index (χ2v) is 11.9. The van der Waals surface area contributed by atoms with Crippen molar-refractivity contribution in [3.8, 4) is 11.5 Å². The van der Waals surface area contributed by atoms with Crippen LogP contribution in [0.3, 0.4) is 0 Å². The molecule has 2 aromatic rings. The first-order chi connectivity index (χ1) is 18.9. The maximum Gasteiger partial charge on any atom is 0.337 e. The van der Waals surface area contributed by atoms with Crippen molar-refractivity contribution in [1.82, 2.24) is 5.32 Å². The van der Waals surface area contributed by atoms with E-state index in [-0.39, 0.29) is 35.9 Å². The topological polar surface area (TPSA) is 81.7 Å². The van der Waals surface area contributed by atoms with Crippen molar-refractivity contribution in [3.63, 3.8) is 0 Å². The van der Waals surface area contributed by atoms with Gasteiger partial charge in [-0.2, -0.15) is 0 Å². The van der Waals surface area contributed by atoms with Crippen LogP contribution in [0.25, 0.3) is 0 Å². The Morgan fingerprint density at radius 1 is 0.950 bits per heavy atom. The summed E-state index contributed by atoms with van der Waals surface area (Å²) in [5.74, 6) is 0.594. The third kappa shape index (κ3) is 6.87. The number of carbonyl (C=O) groups excluding carboxylic acids is 3. The quantitative estimate of drug-likeness (QED) is 0.223. The van der Waals surface area contributed by atoms with Crippen LogP contribution in [-0.2, 0) is 9.53 Å². The van der Waals surface area contributed by atoms with Crippen molar-refractivity contribution in [2.75, 3.05) is 33.8 Å². The number of ether oxygens (including phenoxy) is 2. The van der Waals surface area contributed by atoms with Crippen LogP contribution in [0.2, 0.25) is 0 Å². The molecule has 5 rings (SSSR count). The molecule has 0 bridgehead atoms. The fourth-order valence-electron chi connectivity index (χ4n) is 6.79. The summed E-state index contributed by atoms with van der Waals surface area (Å²) in [4.78, 5) is 37.7. The zero-order chi connectivity index (χ0) is 27.4. The molecule has 216 valence electrons. The van der Waals surface area contributed by atoms with Crippen LogP contribution in [0.4, 0.5) is 0 Å². The number of rotatable bonds is 6. The number of hydrogen-bond acceptors (Lipinski definition) is 5. The molecule has 0 radical (unpaired) electrons. The highest BCUT2D eigenvalue weighted by Gasteiger charge is 2.37. The number of benzene rings is 2. The number of esters is 1. The molecular weight excluding hydrogens is 619 g/mol. The normalized spacial score (nSPS) is 24.6. The second-order valence-electron chi connectivity index (χ2n) is 11.9. The van der Waals surface area contributed by atoms with Gasteiger partial charge in [0.25, 0.3) is 0 Å². The van der Waals surface area contributed by atoms with Crippen LogP contribution < -0.4 is 34.0 Å². The molecular formula is C32H41IN2O5. The van der Waals surface area contributed by atoms with Crippen molar-refractivity contribution in [2.24, 2.45) is 5.92 Å². The largest absolute Gasteiger partial charge is 1.00 e. The SMILES string of the molecule is COC(=O)c1ccc2c(c1)C(C(=O)NC1CC[N+](C)(CC3CCCCCCC3)CC1)c1cc(C=O)ccc1O2.[I-]. The van der Waals surface area contributed by atoms with E-state index >= 15 is 0 Å². The standard InChI is InChI=1S/C32H40N2O5.HI/c1-34(20-22-8-6-4-3-5-7-9-22)16-14-25(15-17-34)33-31(36)30-26-18-23(21-35)10-12-28(26)39-29-13-11-24(19-27(29)30)32(37)38-2;/h10-13,18-19,21-22,25,30H,3-9,14-17,20H2,1-2H3;1H. The number of likely N-dealkylation sites (tertiary alicyclic amines) is 1. The summed E-state index contributed by atoms with van der Waals surface area (Å²) in [6.07, 6.45) is 12.2. The van der Waals surface area contributed by atoms with E-state index < -0.39 is 11.9 Å². The predicted octanol–water partition coefficient (Wildman–Crippen LogP) is 2.61. The van der Waals surface area contributed by atoms with Gasteiger partial charge in [0.2, 0.25) is 5.91 Å². The lowest BCUT2D eigenvalue weighted by Gasteiger charge is -2.43. The van der Waals surface area contributed by atoms with Gasteiger partial charge in [-0.25, -0.2) is 4.79 Å². The van der Waals surface area contributed by atoms with E-state index in [9.17, 15) is 14.4 Å². The van der Waals surface area contributed by atoms with Crippen LogP contribution in [0.5, 0.6) is 11.5 Å². The van der Waals surface area contributed by atoms with Crippen LogP contribution in [0.1, 0.15) is 95.5 Å². The van der Waals surface area contributed by atoms with Crippen molar-refractivity contribution < 1.29 is 52.3 Å². The molecule has 2 aromatic carbocycles. The summed E-state index contributed by atoms with van der Waals surface area (Å²) in [6.45, 7) is 3.36. The van der Waals surface area contributed by atoms with Gasteiger partial charge < -0.3 is 43.3 Å². The molecule has 0 aromatic heterocycles. The first kappa shape index (κ1) is 30.5. The summed E-state index contributed by atoms with van der Waals surface area (Å²) in [5.41, 5.74) is 2.06. The Kier molecular flexibility index (Phi) is 10.3. The number of piperidine rings is 1. The molecule has 1 amide bonds. The molecule has 8 heteroatoms. The minimum absolute atomic E-state index is 0. The highest BCUT2D eigenvalue weighted by molar-refractivity contribution is 5.94. The Hall–Kier alpha value is -2.46. The number of halogens is 1. The summed E-state index contributed by atoms with van der Waals surface area (Å²) in [6, 6.07) is 10.2. The molecule has 1 saturated heterocycles. The van der Waals surface area contributed by atoms with Crippen LogP contribution in [-0.4, -0.2) is 62.5 Å². The van der Waals surface area contributed by atoms with E-state index in [2.05, 4.69) is 12.4 Å². The van der Waals surface area contributed by atoms with Crippen molar-refractivity contribution in [3.05, 3.63) is 58.7 Å². The van der Waals surface area contributed by atoms with E-state index in [1.807, 2.05) is 0 Å². The number of carbonyl (C=O) groups is 3. The van der Waals surface area contributed by atoms with Gasteiger partial charge in [-0.05, 0) is 49.2 Å². The number of nitrogens with zero attached hydrogens (tertiary/aromatic N) is 1. The van der Waals surface area contributed by atoms with Crippen LogP contribution in [0.15, 0.2) is 36.4 Å². The van der Waals surface area contributed by atoms with E-state index in [0.717, 1.165) is 42.6 Å². The molecule has 7 nitrogen and oxygen atoms in total. The molecule has 2 heterocycles. The number of quaternary nitrogens is 1. The summed E-state index contributed by atoms with van der Waals surface area (Å²) < 4.78 is 12.1. The van der Waals surface area contributed by atoms with E-state index in [0.29, 0.717) is 33.8 Å². The molecule has 1 aliphatic carbocycles. The molecule has 1 atom stereocenters. The highest BCUT2D eigenvalue weighted by atomic mass is 127. The third-order valence-electron chi connectivity index (χ3n) is 9.01. The van der Waals surface area contributed by atoms with E-state index in [4.69, 9.17) is 9.47 Å². The minimum atomic E-state index is -0.689. The predicted molar refractivity (Wildman–Crippen MR) is 149 cm³/mol. The Labute approximate surface area is 254 Å². The fourth-order valence-corrected chi connectivity index (χ4v) is 6.79. The van der Waals surface area contributed by atoms with Crippen molar-refractivity contribution in [1.29, 1.82) is 0 Å². The first-order valence-electron chi connectivity index (χ1n) is 14.5. The van der Waals surface area contributed by atoms with Gasteiger partial charge in [-0.3, -0.25) is 9.59 Å². The highest BCUT2D eigenvalue weighted by Crippen LogP contribution is 2.45. The maximum atomic E-state index is 13.9. The molecule has 40 heavy (non-hydrogen) atoms. The van der Waals surface area contributed by atoms with Gasteiger partial charge in [0.05, 0.1) is 45.3 Å². The maximum absolute atomic E-state index is 13.9. The second kappa shape index (κ2) is 13.5. The average Bonchev–Trinajstić information content (AvgIpc) is 2.93. The monoisotopic (exact) mass is 660 g/mol. The number of aldehydes is 1. The lowest BCUT2D eigenvalue weighted by atomic mass is 9.85. The first-order valence-corrected chi connectivity index (χ1v) is 14.5.